The van der Waals surface area contributed by atoms with Crippen LogP contribution in [0.25, 0.3) is 0 Å². The monoisotopic (exact) mass is 259 g/mol. The quantitative estimate of drug-likeness (QED) is 0.897. The minimum absolute atomic E-state index is 0.195. The molecule has 2 nitrogen and oxygen atoms in total. The maximum atomic E-state index is 12.6. The number of hydrogen-bond acceptors (Lipinski definition) is 2. The van der Waals surface area contributed by atoms with E-state index in [0.29, 0.717) is 12.3 Å². The number of aryl methyl sites for hydroxylation is 1. The molecule has 1 aliphatic rings. The molecule has 0 saturated carbocycles. The molecule has 2 rings (SSSR count). The van der Waals surface area contributed by atoms with Crippen LogP contribution in [-0.2, 0) is 17.3 Å². The summed E-state index contributed by atoms with van der Waals surface area (Å²) in [6.45, 7) is 0.617. The first-order valence-corrected chi connectivity index (χ1v) is 5.96. The molecule has 0 aromatic heterocycles. The lowest BCUT2D eigenvalue weighted by Crippen LogP contribution is -2.27. The van der Waals surface area contributed by atoms with Crippen molar-refractivity contribution in [1.82, 2.24) is 0 Å². The number of hydrogen-bond donors (Lipinski definition) is 1. The van der Waals surface area contributed by atoms with Gasteiger partial charge in [-0.05, 0) is 37.0 Å². The summed E-state index contributed by atoms with van der Waals surface area (Å²) in [6.07, 6.45) is -1.72. The highest BCUT2D eigenvalue weighted by molar-refractivity contribution is 5.56. The Morgan fingerprint density at radius 1 is 1.39 bits per heavy atom. The summed E-state index contributed by atoms with van der Waals surface area (Å²) in [7, 11) is 1.62. The van der Waals surface area contributed by atoms with Gasteiger partial charge in [-0.2, -0.15) is 13.2 Å². The summed E-state index contributed by atoms with van der Waals surface area (Å²) < 4.78 is 42.8. The van der Waals surface area contributed by atoms with E-state index in [1.54, 1.807) is 13.2 Å². The van der Waals surface area contributed by atoms with Crippen LogP contribution in [0.2, 0.25) is 0 Å². The van der Waals surface area contributed by atoms with Crippen molar-refractivity contribution in [2.75, 3.05) is 19.0 Å². The Balaban J connectivity index is 2.14. The molecule has 18 heavy (non-hydrogen) atoms. The van der Waals surface area contributed by atoms with Crippen LogP contribution in [0.15, 0.2) is 18.2 Å². The highest BCUT2D eigenvalue weighted by atomic mass is 19.4. The molecule has 0 fully saturated rings. The fourth-order valence-corrected chi connectivity index (χ4v) is 2.20. The molecule has 5 heteroatoms. The summed E-state index contributed by atoms with van der Waals surface area (Å²) in [5.41, 5.74) is 0.968. The predicted octanol–water partition coefficient (Wildman–Crippen LogP) is 3.47. The molecule has 1 heterocycles. The van der Waals surface area contributed by atoms with E-state index in [4.69, 9.17) is 4.74 Å². The van der Waals surface area contributed by atoms with Gasteiger partial charge in [0.1, 0.15) is 0 Å². The number of fused-ring (bicyclic) bond motifs is 1. The Labute approximate surface area is 104 Å². The molecule has 1 unspecified atom stereocenters. The number of benzene rings is 1. The van der Waals surface area contributed by atoms with E-state index >= 15 is 0 Å². The zero-order valence-electron chi connectivity index (χ0n) is 10.2. The van der Waals surface area contributed by atoms with Gasteiger partial charge in [-0.3, -0.25) is 0 Å². The van der Waals surface area contributed by atoms with Gasteiger partial charge in [0, 0.05) is 25.4 Å². The van der Waals surface area contributed by atoms with Gasteiger partial charge in [0.25, 0.3) is 0 Å². The van der Waals surface area contributed by atoms with E-state index < -0.39 is 11.7 Å². The van der Waals surface area contributed by atoms with E-state index in [-0.39, 0.29) is 6.04 Å². The summed E-state index contributed by atoms with van der Waals surface area (Å²) >= 11 is 0. The molecule has 1 atom stereocenters. The first kappa shape index (κ1) is 13.2. The molecule has 0 amide bonds. The molecule has 0 aliphatic carbocycles. The van der Waals surface area contributed by atoms with Gasteiger partial charge >= 0.3 is 6.18 Å². The summed E-state index contributed by atoms with van der Waals surface area (Å²) in [4.78, 5) is 0. The number of anilines is 1. The maximum Gasteiger partial charge on any atom is 0.416 e. The third-order valence-corrected chi connectivity index (χ3v) is 3.23. The number of methoxy groups -OCH3 is 1. The van der Waals surface area contributed by atoms with Crippen molar-refractivity contribution in [3.63, 3.8) is 0 Å². The minimum Gasteiger partial charge on any atom is -0.385 e. The maximum absolute atomic E-state index is 12.6. The van der Waals surface area contributed by atoms with Gasteiger partial charge in [0.05, 0.1) is 5.56 Å². The fourth-order valence-electron chi connectivity index (χ4n) is 2.20. The summed E-state index contributed by atoms with van der Waals surface area (Å²) in [6, 6.07) is 4.11. The highest BCUT2D eigenvalue weighted by Gasteiger charge is 2.31. The van der Waals surface area contributed by atoms with Crippen molar-refractivity contribution in [2.24, 2.45) is 0 Å². The first-order valence-electron chi connectivity index (χ1n) is 5.96. The Hall–Kier alpha value is -1.23. The zero-order valence-corrected chi connectivity index (χ0v) is 10.2. The van der Waals surface area contributed by atoms with Crippen molar-refractivity contribution in [3.05, 3.63) is 29.3 Å². The number of alkyl halides is 3. The molecule has 1 aliphatic heterocycles. The van der Waals surface area contributed by atoms with E-state index in [2.05, 4.69) is 5.32 Å². The number of rotatable bonds is 3. The minimum atomic E-state index is -4.28. The van der Waals surface area contributed by atoms with Crippen LogP contribution in [-0.4, -0.2) is 19.8 Å². The second-order valence-corrected chi connectivity index (χ2v) is 4.53. The van der Waals surface area contributed by atoms with E-state index in [1.165, 1.54) is 6.07 Å². The standard InChI is InChI=1S/C13H16F3NO/c1-18-7-6-11-5-3-9-2-4-10(13(14,15)16)8-12(9)17-11/h2,4,8,11,17H,3,5-7H2,1H3. The van der Waals surface area contributed by atoms with Crippen molar-refractivity contribution in [1.29, 1.82) is 0 Å². The van der Waals surface area contributed by atoms with Crippen molar-refractivity contribution in [2.45, 2.75) is 31.5 Å². The molecule has 1 N–H and O–H groups in total. The third kappa shape index (κ3) is 2.96. The zero-order chi connectivity index (χ0) is 13.2. The largest absolute Gasteiger partial charge is 0.416 e. The summed E-state index contributed by atoms with van der Waals surface area (Å²) in [5.74, 6) is 0. The third-order valence-electron chi connectivity index (χ3n) is 3.23. The smallest absolute Gasteiger partial charge is 0.385 e. The lowest BCUT2D eigenvalue weighted by molar-refractivity contribution is -0.137. The Bertz CT molecular complexity index is 417. The Morgan fingerprint density at radius 3 is 2.83 bits per heavy atom. The Morgan fingerprint density at radius 2 is 2.17 bits per heavy atom. The molecule has 0 saturated heterocycles. The normalized spacial score (nSPS) is 19.2. The average Bonchev–Trinajstić information content (AvgIpc) is 2.34. The van der Waals surface area contributed by atoms with E-state index in [9.17, 15) is 13.2 Å². The molecule has 1 aromatic carbocycles. The van der Waals surface area contributed by atoms with E-state index in [0.717, 1.165) is 30.9 Å². The first-order chi connectivity index (χ1) is 8.50. The van der Waals surface area contributed by atoms with Gasteiger partial charge in [0.15, 0.2) is 0 Å². The predicted molar refractivity (Wildman–Crippen MR) is 63.7 cm³/mol. The van der Waals surface area contributed by atoms with Gasteiger partial charge in [-0.1, -0.05) is 6.07 Å². The van der Waals surface area contributed by atoms with Crippen LogP contribution in [0.1, 0.15) is 24.0 Å². The molecule has 100 valence electrons. The lowest BCUT2D eigenvalue weighted by Gasteiger charge is -2.27. The van der Waals surface area contributed by atoms with Crippen LogP contribution < -0.4 is 5.32 Å². The van der Waals surface area contributed by atoms with E-state index in [1.807, 2.05) is 0 Å². The van der Waals surface area contributed by atoms with Crippen LogP contribution in [0, 0.1) is 0 Å². The molecular weight excluding hydrogens is 243 g/mol. The SMILES string of the molecule is COCCC1CCc2ccc(C(F)(F)F)cc2N1. The number of halogens is 3. The average molecular weight is 259 g/mol. The van der Waals surface area contributed by atoms with Crippen molar-refractivity contribution >= 4 is 5.69 Å². The van der Waals surface area contributed by atoms with Gasteiger partial charge in [-0.15, -0.1) is 0 Å². The highest BCUT2D eigenvalue weighted by Crippen LogP contribution is 2.34. The summed E-state index contributed by atoms with van der Waals surface area (Å²) in [5, 5.41) is 3.16. The second kappa shape index (κ2) is 5.18. The van der Waals surface area contributed by atoms with Gasteiger partial charge in [0.2, 0.25) is 0 Å². The van der Waals surface area contributed by atoms with Crippen molar-refractivity contribution in [3.8, 4) is 0 Å². The molecular formula is C13H16F3NO. The molecule has 1 aromatic rings. The molecule has 0 radical (unpaired) electrons. The van der Waals surface area contributed by atoms with Crippen LogP contribution in [0.3, 0.4) is 0 Å². The molecule has 0 bridgehead atoms. The van der Waals surface area contributed by atoms with Crippen LogP contribution in [0.5, 0.6) is 0 Å². The molecule has 0 spiro atoms. The lowest BCUT2D eigenvalue weighted by atomic mass is 9.95. The Kier molecular flexibility index (Phi) is 3.80. The number of nitrogens with one attached hydrogen (secondary N) is 1. The second-order valence-electron chi connectivity index (χ2n) is 4.53. The van der Waals surface area contributed by atoms with Crippen molar-refractivity contribution < 1.29 is 17.9 Å². The van der Waals surface area contributed by atoms with Gasteiger partial charge in [-0.25, -0.2) is 0 Å². The number of ether oxygens (including phenoxy) is 1. The fraction of sp³-hybridized carbons (Fsp3) is 0.538. The van der Waals surface area contributed by atoms with Crippen LogP contribution in [0.4, 0.5) is 18.9 Å². The van der Waals surface area contributed by atoms with Gasteiger partial charge < -0.3 is 10.1 Å². The topological polar surface area (TPSA) is 21.3 Å². The van der Waals surface area contributed by atoms with Crippen LogP contribution >= 0.6 is 0 Å².